The van der Waals surface area contributed by atoms with Gasteiger partial charge in [0.15, 0.2) is 17.3 Å². The number of aromatic hydroxyl groups is 1. The van der Waals surface area contributed by atoms with E-state index in [9.17, 15) is 19.5 Å². The lowest BCUT2D eigenvalue weighted by molar-refractivity contribution is -0.115. The topological polar surface area (TPSA) is 135 Å². The fraction of sp³-hybridized carbons (Fsp3) is 0.138. The third-order valence-electron chi connectivity index (χ3n) is 6.34. The summed E-state index contributed by atoms with van der Waals surface area (Å²) in [7, 11) is 3.14. The summed E-state index contributed by atoms with van der Waals surface area (Å²) in [6.45, 7) is 1.80. The number of anilines is 2. The molecule has 0 saturated carbocycles. The number of nitrogens with zero attached hydrogens (tertiary/aromatic N) is 3. The third kappa shape index (κ3) is 5.12. The molecule has 10 nitrogen and oxygen atoms in total. The molecule has 4 aromatic rings. The molecular weight excluding hydrogens is 498 g/mol. The summed E-state index contributed by atoms with van der Waals surface area (Å²) in [5.74, 6) is -1.34. The second-order valence-electron chi connectivity index (χ2n) is 9.06. The average Bonchev–Trinajstić information content (AvgIpc) is 3.43. The first-order valence-corrected chi connectivity index (χ1v) is 12.1. The van der Waals surface area contributed by atoms with E-state index in [-0.39, 0.29) is 23.3 Å². The van der Waals surface area contributed by atoms with Crippen molar-refractivity contribution >= 4 is 40.9 Å². The molecule has 1 aromatic heterocycles. The van der Waals surface area contributed by atoms with Gasteiger partial charge >= 0.3 is 0 Å². The van der Waals surface area contributed by atoms with Crippen molar-refractivity contribution in [2.75, 3.05) is 17.7 Å². The van der Waals surface area contributed by atoms with Gasteiger partial charge in [0.1, 0.15) is 11.6 Å². The van der Waals surface area contributed by atoms with E-state index >= 15 is 0 Å². The summed E-state index contributed by atoms with van der Waals surface area (Å²) < 4.78 is 6.54. The summed E-state index contributed by atoms with van der Waals surface area (Å²) in [6.07, 6.45) is 1.48. The summed E-state index contributed by atoms with van der Waals surface area (Å²) in [5.41, 5.74) is 4.01. The zero-order chi connectivity index (χ0) is 27.7. The minimum absolute atomic E-state index is 0.0647. The van der Waals surface area contributed by atoms with E-state index < -0.39 is 5.92 Å². The first kappa shape index (κ1) is 25.4. The standard InChI is InChI=1S/C29H25N5O5/c1-16-11-24(34(2)33-16)29(38)31-20-6-4-5-17(12-20)27(36)18-7-9-23-21(13-18)22(28(37)32-23)15-30-19-8-10-26(39-3)25(35)14-19/h4-15,22,35H,1-3H3,(H,31,38)(H,32,37). The van der Waals surface area contributed by atoms with Crippen LogP contribution in [0.25, 0.3) is 0 Å². The normalized spacial score (nSPS) is 14.2. The van der Waals surface area contributed by atoms with Crippen LogP contribution in [0.3, 0.4) is 0 Å². The highest BCUT2D eigenvalue weighted by Crippen LogP contribution is 2.34. The number of carbonyl (C=O) groups excluding carboxylic acids is 3. The highest BCUT2D eigenvalue weighted by atomic mass is 16.5. The zero-order valence-electron chi connectivity index (χ0n) is 21.4. The van der Waals surface area contributed by atoms with Gasteiger partial charge in [0.2, 0.25) is 5.91 Å². The number of aryl methyl sites for hydroxylation is 2. The number of fused-ring (bicyclic) bond motifs is 1. The maximum Gasteiger partial charge on any atom is 0.273 e. The highest BCUT2D eigenvalue weighted by Gasteiger charge is 2.30. The lowest BCUT2D eigenvalue weighted by Gasteiger charge is -2.09. The molecule has 1 unspecified atom stereocenters. The van der Waals surface area contributed by atoms with Crippen LogP contribution in [0.2, 0.25) is 0 Å². The third-order valence-corrected chi connectivity index (χ3v) is 6.34. The fourth-order valence-electron chi connectivity index (χ4n) is 4.42. The van der Waals surface area contributed by atoms with E-state index in [1.165, 1.54) is 24.1 Å². The van der Waals surface area contributed by atoms with Gasteiger partial charge in [-0.25, -0.2) is 0 Å². The Morgan fingerprint density at radius 1 is 1.10 bits per heavy atom. The van der Waals surface area contributed by atoms with Crippen molar-refractivity contribution in [3.8, 4) is 11.5 Å². The van der Waals surface area contributed by atoms with E-state index in [1.807, 2.05) is 0 Å². The van der Waals surface area contributed by atoms with E-state index in [2.05, 4.69) is 20.7 Å². The van der Waals surface area contributed by atoms with Crippen molar-refractivity contribution in [2.45, 2.75) is 12.8 Å². The van der Waals surface area contributed by atoms with Crippen molar-refractivity contribution in [3.63, 3.8) is 0 Å². The Balaban J connectivity index is 1.37. The number of methoxy groups -OCH3 is 1. The predicted octanol–water partition coefficient (Wildman–Crippen LogP) is 4.36. The number of hydrogen-bond donors (Lipinski definition) is 3. The number of aliphatic imine (C=N–C) groups is 1. The number of ketones is 1. The molecule has 0 fully saturated rings. The van der Waals surface area contributed by atoms with Crippen molar-refractivity contribution in [1.29, 1.82) is 0 Å². The molecule has 0 aliphatic carbocycles. The van der Waals surface area contributed by atoms with Crippen LogP contribution in [0.15, 0.2) is 71.7 Å². The van der Waals surface area contributed by atoms with Gasteiger partial charge in [-0.05, 0) is 61.0 Å². The van der Waals surface area contributed by atoms with Crippen molar-refractivity contribution < 1.29 is 24.2 Å². The Bertz CT molecular complexity index is 1660. The molecule has 196 valence electrons. The molecule has 3 N–H and O–H groups in total. The van der Waals surface area contributed by atoms with Gasteiger partial charge in [0.25, 0.3) is 5.91 Å². The van der Waals surface area contributed by atoms with Gasteiger partial charge in [-0.2, -0.15) is 5.10 Å². The molecule has 3 aromatic carbocycles. The van der Waals surface area contributed by atoms with Gasteiger partial charge in [-0.1, -0.05) is 12.1 Å². The molecule has 1 atom stereocenters. The summed E-state index contributed by atoms with van der Waals surface area (Å²) >= 11 is 0. The van der Waals surface area contributed by atoms with Crippen LogP contribution in [-0.2, 0) is 11.8 Å². The van der Waals surface area contributed by atoms with Crippen molar-refractivity contribution in [2.24, 2.45) is 12.0 Å². The quantitative estimate of drug-likeness (QED) is 0.243. The van der Waals surface area contributed by atoms with E-state index in [0.29, 0.717) is 45.2 Å². The number of nitrogens with one attached hydrogen (secondary N) is 2. The molecule has 10 heteroatoms. The Hall–Kier alpha value is -5.25. The van der Waals surface area contributed by atoms with Crippen LogP contribution in [0.5, 0.6) is 11.5 Å². The number of ether oxygens (including phenoxy) is 1. The Morgan fingerprint density at radius 2 is 1.90 bits per heavy atom. The average molecular weight is 524 g/mol. The Kier molecular flexibility index (Phi) is 6.68. The first-order valence-electron chi connectivity index (χ1n) is 12.1. The highest BCUT2D eigenvalue weighted by molar-refractivity contribution is 6.15. The van der Waals surface area contributed by atoms with Crippen LogP contribution in [0, 0.1) is 6.92 Å². The molecule has 0 bridgehead atoms. The zero-order valence-corrected chi connectivity index (χ0v) is 21.4. The molecule has 5 rings (SSSR count). The largest absolute Gasteiger partial charge is 0.504 e. The lowest BCUT2D eigenvalue weighted by atomic mass is 9.96. The SMILES string of the molecule is COc1ccc(N=CC2C(=O)Nc3ccc(C(=O)c4cccc(NC(=O)c5cc(C)nn5C)c4)cc32)cc1O. The van der Waals surface area contributed by atoms with Gasteiger partial charge in [0, 0.05) is 41.8 Å². The monoisotopic (exact) mass is 523 g/mol. The number of benzene rings is 3. The first-order chi connectivity index (χ1) is 18.7. The molecule has 2 amide bonds. The minimum Gasteiger partial charge on any atom is -0.504 e. The van der Waals surface area contributed by atoms with Crippen molar-refractivity contribution in [1.82, 2.24) is 9.78 Å². The van der Waals surface area contributed by atoms with Crippen LogP contribution in [-0.4, -0.2) is 45.8 Å². The Labute approximate surface area is 224 Å². The van der Waals surface area contributed by atoms with Crippen LogP contribution >= 0.6 is 0 Å². The molecule has 0 spiro atoms. The number of aromatic nitrogens is 2. The molecule has 1 aliphatic heterocycles. The van der Waals surface area contributed by atoms with Crippen LogP contribution in [0.4, 0.5) is 17.1 Å². The van der Waals surface area contributed by atoms with E-state index in [0.717, 1.165) is 5.69 Å². The molecule has 39 heavy (non-hydrogen) atoms. The molecular formula is C29H25N5O5. The fourth-order valence-corrected chi connectivity index (χ4v) is 4.42. The van der Waals surface area contributed by atoms with Gasteiger partial charge < -0.3 is 20.5 Å². The van der Waals surface area contributed by atoms with Crippen molar-refractivity contribution in [3.05, 3.63) is 94.8 Å². The smallest absolute Gasteiger partial charge is 0.273 e. The van der Waals surface area contributed by atoms with Gasteiger partial charge in [-0.15, -0.1) is 0 Å². The maximum atomic E-state index is 13.4. The Morgan fingerprint density at radius 3 is 2.62 bits per heavy atom. The van der Waals surface area contributed by atoms with E-state index in [4.69, 9.17) is 4.74 Å². The van der Waals surface area contributed by atoms with E-state index in [1.54, 1.807) is 74.6 Å². The summed E-state index contributed by atoms with van der Waals surface area (Å²) in [4.78, 5) is 43.1. The molecule has 0 radical (unpaired) electrons. The molecule has 2 heterocycles. The predicted molar refractivity (Wildman–Crippen MR) is 146 cm³/mol. The van der Waals surface area contributed by atoms with Gasteiger partial charge in [-0.3, -0.25) is 24.1 Å². The number of amides is 2. The number of rotatable bonds is 7. The van der Waals surface area contributed by atoms with Crippen LogP contribution in [0.1, 0.15) is 43.6 Å². The lowest BCUT2D eigenvalue weighted by Crippen LogP contribution is -2.16. The number of phenols is 1. The maximum absolute atomic E-state index is 13.4. The minimum atomic E-state index is -0.718. The van der Waals surface area contributed by atoms with Gasteiger partial charge in [0.05, 0.1) is 18.5 Å². The summed E-state index contributed by atoms with van der Waals surface area (Å²) in [6, 6.07) is 18.0. The van der Waals surface area contributed by atoms with Crippen LogP contribution < -0.4 is 15.4 Å². The number of carbonyl (C=O) groups is 3. The number of hydrogen-bond acceptors (Lipinski definition) is 7. The second kappa shape index (κ2) is 10.3. The number of phenolic OH excluding ortho intramolecular Hbond substituents is 1. The molecule has 1 aliphatic rings. The summed E-state index contributed by atoms with van der Waals surface area (Å²) in [5, 5.41) is 19.8. The molecule has 0 saturated heterocycles. The second-order valence-corrected chi connectivity index (χ2v) is 9.06.